The van der Waals surface area contributed by atoms with Gasteiger partial charge in [0, 0.05) is 12.1 Å². The highest BCUT2D eigenvalue weighted by molar-refractivity contribution is 5.93. The van der Waals surface area contributed by atoms with Gasteiger partial charge in [0.05, 0.1) is 23.6 Å². The molecule has 1 aromatic rings. The summed E-state index contributed by atoms with van der Waals surface area (Å²) >= 11 is 0. The first kappa shape index (κ1) is 9.45. The van der Waals surface area contributed by atoms with E-state index in [1.54, 1.807) is 0 Å². The van der Waals surface area contributed by atoms with Crippen LogP contribution in [0.2, 0.25) is 0 Å². The van der Waals surface area contributed by atoms with Crippen LogP contribution in [0.3, 0.4) is 0 Å². The molecule has 1 amide bonds. The lowest BCUT2D eigenvalue weighted by Crippen LogP contribution is -2.10. The van der Waals surface area contributed by atoms with Gasteiger partial charge in [-0.1, -0.05) is 0 Å². The number of fused-ring (bicyclic) bond motifs is 1. The van der Waals surface area contributed by atoms with E-state index in [4.69, 9.17) is 4.74 Å². The second-order valence-electron chi connectivity index (χ2n) is 3.08. The number of hydrogen-bond donors (Lipinski definition) is 1. The number of nitro groups is 1. The van der Waals surface area contributed by atoms with Gasteiger partial charge in [-0.15, -0.1) is 0 Å². The van der Waals surface area contributed by atoms with Crippen LogP contribution in [0.1, 0.15) is 6.42 Å². The number of nitro benzene ring substituents is 1. The van der Waals surface area contributed by atoms with Crippen LogP contribution in [0.25, 0.3) is 0 Å². The number of ether oxygens (including phenoxy) is 1. The Labute approximate surface area is 85.0 Å². The maximum atomic E-state index is 11.2. The number of rotatable bonds is 1. The second kappa shape index (κ2) is 3.56. The molecule has 0 spiro atoms. The SMILES string of the molecule is O=C1CCOc2ccc([N+](=O)[O-])cc2N1. The van der Waals surface area contributed by atoms with Crippen LogP contribution in [0.4, 0.5) is 11.4 Å². The highest BCUT2D eigenvalue weighted by Crippen LogP contribution is 2.30. The molecule has 0 saturated carbocycles. The van der Waals surface area contributed by atoms with E-state index in [0.29, 0.717) is 11.4 Å². The molecule has 0 unspecified atom stereocenters. The molecular formula is C9H8N2O4. The van der Waals surface area contributed by atoms with Crippen molar-refractivity contribution in [3.05, 3.63) is 28.3 Å². The van der Waals surface area contributed by atoms with Crippen molar-refractivity contribution >= 4 is 17.3 Å². The molecule has 0 atom stereocenters. The Morgan fingerprint density at radius 3 is 3.00 bits per heavy atom. The summed E-state index contributed by atoms with van der Waals surface area (Å²) in [5.41, 5.74) is 0.284. The minimum absolute atomic E-state index is 0.0699. The van der Waals surface area contributed by atoms with Crippen molar-refractivity contribution < 1.29 is 14.5 Å². The Balaban J connectivity index is 2.41. The first-order chi connectivity index (χ1) is 7.16. The Hall–Kier alpha value is -2.11. The quantitative estimate of drug-likeness (QED) is 0.557. The van der Waals surface area contributed by atoms with Crippen molar-refractivity contribution in [3.63, 3.8) is 0 Å². The fourth-order valence-electron chi connectivity index (χ4n) is 1.32. The summed E-state index contributed by atoms with van der Waals surface area (Å²) in [7, 11) is 0. The van der Waals surface area contributed by atoms with Crippen molar-refractivity contribution in [2.45, 2.75) is 6.42 Å². The maximum Gasteiger partial charge on any atom is 0.271 e. The summed E-state index contributed by atoms with van der Waals surface area (Å²) in [5.74, 6) is 0.265. The van der Waals surface area contributed by atoms with E-state index >= 15 is 0 Å². The number of carbonyl (C=O) groups is 1. The zero-order valence-electron chi connectivity index (χ0n) is 7.73. The molecule has 1 heterocycles. The monoisotopic (exact) mass is 208 g/mol. The van der Waals surface area contributed by atoms with E-state index in [0.717, 1.165) is 0 Å². The van der Waals surface area contributed by atoms with Crippen molar-refractivity contribution in [2.75, 3.05) is 11.9 Å². The Morgan fingerprint density at radius 1 is 1.47 bits per heavy atom. The van der Waals surface area contributed by atoms with E-state index in [1.807, 2.05) is 0 Å². The largest absolute Gasteiger partial charge is 0.491 e. The number of nitrogens with zero attached hydrogens (tertiary/aromatic N) is 1. The molecule has 1 aliphatic heterocycles. The van der Waals surface area contributed by atoms with Gasteiger partial charge in [-0.3, -0.25) is 14.9 Å². The summed E-state index contributed by atoms with van der Waals surface area (Å²) in [6.07, 6.45) is 0.252. The molecular weight excluding hydrogens is 200 g/mol. The van der Waals surface area contributed by atoms with Crippen LogP contribution in [0, 0.1) is 10.1 Å². The van der Waals surface area contributed by atoms with Crippen LogP contribution in [0.5, 0.6) is 5.75 Å². The van der Waals surface area contributed by atoms with Crippen LogP contribution < -0.4 is 10.1 Å². The summed E-state index contributed by atoms with van der Waals surface area (Å²) < 4.78 is 5.25. The predicted molar refractivity (Wildman–Crippen MR) is 51.8 cm³/mol. The lowest BCUT2D eigenvalue weighted by Gasteiger charge is -2.05. The molecule has 15 heavy (non-hydrogen) atoms. The van der Waals surface area contributed by atoms with Crippen LogP contribution in [-0.4, -0.2) is 17.4 Å². The normalized spacial score (nSPS) is 14.5. The van der Waals surface area contributed by atoms with E-state index in [9.17, 15) is 14.9 Å². The predicted octanol–water partition coefficient (Wildman–Crippen LogP) is 1.32. The summed E-state index contributed by atoms with van der Waals surface area (Å²) in [6, 6.07) is 4.12. The summed E-state index contributed by atoms with van der Waals surface area (Å²) in [4.78, 5) is 21.2. The van der Waals surface area contributed by atoms with Gasteiger partial charge in [0.15, 0.2) is 0 Å². The van der Waals surface area contributed by atoms with Crippen molar-refractivity contribution in [1.82, 2.24) is 0 Å². The zero-order valence-corrected chi connectivity index (χ0v) is 7.73. The number of hydrogen-bond acceptors (Lipinski definition) is 4. The minimum atomic E-state index is -0.517. The number of non-ortho nitro benzene ring substituents is 1. The van der Waals surface area contributed by atoms with E-state index in [1.165, 1.54) is 18.2 Å². The molecule has 0 radical (unpaired) electrons. The van der Waals surface area contributed by atoms with Crippen LogP contribution in [-0.2, 0) is 4.79 Å². The third-order valence-electron chi connectivity index (χ3n) is 2.03. The van der Waals surface area contributed by atoms with Gasteiger partial charge in [-0.25, -0.2) is 0 Å². The van der Waals surface area contributed by atoms with Crippen LogP contribution in [0.15, 0.2) is 18.2 Å². The first-order valence-corrected chi connectivity index (χ1v) is 4.38. The van der Waals surface area contributed by atoms with Crippen molar-refractivity contribution in [1.29, 1.82) is 0 Å². The molecule has 1 aromatic carbocycles. The smallest absolute Gasteiger partial charge is 0.271 e. The minimum Gasteiger partial charge on any atom is -0.491 e. The molecule has 0 aliphatic carbocycles. The average molecular weight is 208 g/mol. The molecule has 0 bridgehead atoms. The lowest BCUT2D eigenvalue weighted by molar-refractivity contribution is -0.384. The van der Waals surface area contributed by atoms with E-state index in [2.05, 4.69) is 5.32 Å². The van der Waals surface area contributed by atoms with Gasteiger partial charge in [-0.2, -0.15) is 0 Å². The lowest BCUT2D eigenvalue weighted by atomic mass is 10.2. The summed E-state index contributed by atoms with van der Waals surface area (Å²) in [6.45, 7) is 0.288. The zero-order chi connectivity index (χ0) is 10.8. The molecule has 2 rings (SSSR count). The number of nitrogens with one attached hydrogen (secondary N) is 1. The number of anilines is 1. The molecule has 0 saturated heterocycles. The van der Waals surface area contributed by atoms with Crippen molar-refractivity contribution in [2.24, 2.45) is 0 Å². The Bertz CT molecular complexity index is 430. The topological polar surface area (TPSA) is 81.5 Å². The first-order valence-electron chi connectivity index (χ1n) is 4.38. The highest BCUT2D eigenvalue weighted by Gasteiger charge is 2.17. The Morgan fingerprint density at radius 2 is 2.27 bits per heavy atom. The number of amides is 1. The van der Waals surface area contributed by atoms with Gasteiger partial charge in [0.2, 0.25) is 5.91 Å². The summed E-state index contributed by atoms with van der Waals surface area (Å²) in [5, 5.41) is 13.1. The standard InChI is InChI=1S/C9H8N2O4/c12-9-3-4-15-8-2-1-6(11(13)14)5-7(8)10-9/h1-2,5H,3-4H2,(H,10,12). The molecule has 0 fully saturated rings. The molecule has 78 valence electrons. The van der Waals surface area contributed by atoms with E-state index in [-0.39, 0.29) is 24.6 Å². The number of benzene rings is 1. The average Bonchev–Trinajstić information content (AvgIpc) is 2.37. The molecule has 1 aliphatic rings. The van der Waals surface area contributed by atoms with Gasteiger partial charge in [0.25, 0.3) is 5.69 Å². The highest BCUT2D eigenvalue weighted by atomic mass is 16.6. The molecule has 6 nitrogen and oxygen atoms in total. The van der Waals surface area contributed by atoms with Crippen molar-refractivity contribution in [3.8, 4) is 5.75 Å². The van der Waals surface area contributed by atoms with E-state index < -0.39 is 4.92 Å². The molecule has 6 heteroatoms. The Kier molecular flexibility index (Phi) is 2.24. The van der Waals surface area contributed by atoms with Gasteiger partial charge < -0.3 is 10.1 Å². The van der Waals surface area contributed by atoms with Crippen LogP contribution >= 0.6 is 0 Å². The van der Waals surface area contributed by atoms with Gasteiger partial charge >= 0.3 is 0 Å². The fourth-order valence-corrected chi connectivity index (χ4v) is 1.32. The molecule has 0 aromatic heterocycles. The maximum absolute atomic E-state index is 11.2. The third kappa shape index (κ3) is 1.88. The molecule has 1 N–H and O–H groups in total. The van der Waals surface area contributed by atoms with Gasteiger partial charge in [-0.05, 0) is 6.07 Å². The fraction of sp³-hybridized carbons (Fsp3) is 0.222. The van der Waals surface area contributed by atoms with Gasteiger partial charge in [0.1, 0.15) is 5.75 Å². The third-order valence-corrected chi connectivity index (χ3v) is 2.03. The number of carbonyl (C=O) groups excluding carboxylic acids is 1. The second-order valence-corrected chi connectivity index (χ2v) is 3.08.